The zero-order valence-corrected chi connectivity index (χ0v) is 14.1. The lowest BCUT2D eigenvalue weighted by atomic mass is 10.2. The molecule has 2 aromatic rings. The van der Waals surface area contributed by atoms with E-state index in [4.69, 9.17) is 4.74 Å². The van der Waals surface area contributed by atoms with Crippen molar-refractivity contribution in [3.05, 3.63) is 54.1 Å². The van der Waals surface area contributed by atoms with Gasteiger partial charge in [0.05, 0.1) is 23.3 Å². The fraction of sp³-hybridized carbons (Fsp3) is 0.188. The number of rotatable bonds is 3. The average Bonchev–Trinajstić information content (AvgIpc) is 2.60. The van der Waals surface area contributed by atoms with Gasteiger partial charge in [0.15, 0.2) is 0 Å². The summed E-state index contributed by atoms with van der Waals surface area (Å²) < 4.78 is 31.9. The lowest BCUT2D eigenvalue weighted by Gasteiger charge is -2.30. The number of thioether (sulfide) groups is 1. The first-order valence-corrected chi connectivity index (χ1v) is 9.39. The van der Waals surface area contributed by atoms with Crippen LogP contribution in [0.4, 0.5) is 5.69 Å². The highest BCUT2D eigenvalue weighted by Crippen LogP contribution is 2.38. The minimum absolute atomic E-state index is 0.237. The molecule has 0 amide bonds. The number of carbonyl (C=O) groups excluding carboxylic acids is 1. The highest BCUT2D eigenvalue weighted by atomic mass is 32.2. The summed E-state index contributed by atoms with van der Waals surface area (Å²) in [5.74, 6) is 0.178. The van der Waals surface area contributed by atoms with Gasteiger partial charge in [-0.1, -0.05) is 18.2 Å². The Morgan fingerprint density at radius 2 is 1.91 bits per heavy atom. The van der Waals surface area contributed by atoms with Gasteiger partial charge < -0.3 is 4.74 Å². The van der Waals surface area contributed by atoms with Crippen LogP contribution in [-0.4, -0.2) is 33.8 Å². The number of esters is 1. The van der Waals surface area contributed by atoms with E-state index in [2.05, 4.69) is 0 Å². The fourth-order valence-electron chi connectivity index (χ4n) is 2.41. The molecular weight excluding hydrogens is 334 g/mol. The Balaban J connectivity index is 2.09. The van der Waals surface area contributed by atoms with E-state index in [1.54, 1.807) is 60.3 Å². The van der Waals surface area contributed by atoms with Gasteiger partial charge in [0.25, 0.3) is 10.0 Å². The zero-order valence-electron chi connectivity index (χ0n) is 12.4. The molecule has 0 saturated heterocycles. The van der Waals surface area contributed by atoms with Crippen molar-refractivity contribution in [2.24, 2.45) is 0 Å². The van der Waals surface area contributed by atoms with Crippen LogP contribution in [-0.2, 0) is 14.8 Å². The molecule has 0 saturated carbocycles. The SMILES string of the molecule is COC(=O)c1ccc2c(c1)N(S(=O)(=O)c1ccccc1)CCS2. The number of fused-ring (bicyclic) bond motifs is 1. The number of carbonyl (C=O) groups is 1. The minimum Gasteiger partial charge on any atom is -0.465 e. The molecule has 0 aromatic heterocycles. The molecule has 0 aliphatic carbocycles. The Morgan fingerprint density at radius 1 is 1.17 bits per heavy atom. The number of benzene rings is 2. The number of methoxy groups -OCH3 is 1. The standard InChI is InChI=1S/C16H15NO4S2/c1-21-16(18)12-7-8-15-14(11-12)17(9-10-22-15)23(19,20)13-5-3-2-4-6-13/h2-8,11H,9-10H2,1H3. The molecule has 3 rings (SSSR count). The number of anilines is 1. The molecule has 2 aromatic carbocycles. The number of sulfonamides is 1. The van der Waals surface area contributed by atoms with E-state index >= 15 is 0 Å². The predicted molar refractivity (Wildman–Crippen MR) is 89.5 cm³/mol. The topological polar surface area (TPSA) is 63.7 Å². The maximum atomic E-state index is 12.9. The number of hydrogen-bond acceptors (Lipinski definition) is 5. The molecule has 1 aliphatic rings. The number of nitrogens with zero attached hydrogens (tertiary/aromatic N) is 1. The van der Waals surface area contributed by atoms with Crippen molar-refractivity contribution >= 4 is 33.4 Å². The van der Waals surface area contributed by atoms with Crippen molar-refractivity contribution in [2.75, 3.05) is 23.7 Å². The van der Waals surface area contributed by atoms with Crippen molar-refractivity contribution in [1.29, 1.82) is 0 Å². The Bertz CT molecular complexity index is 834. The largest absolute Gasteiger partial charge is 0.465 e. The van der Waals surface area contributed by atoms with Crippen LogP contribution < -0.4 is 4.31 Å². The third-order valence-electron chi connectivity index (χ3n) is 3.53. The summed E-state index contributed by atoms with van der Waals surface area (Å²) in [4.78, 5) is 12.8. The Kier molecular flexibility index (Phi) is 4.32. The molecule has 0 spiro atoms. The van der Waals surface area contributed by atoms with Crippen molar-refractivity contribution in [1.82, 2.24) is 0 Å². The molecule has 5 nitrogen and oxygen atoms in total. The Hall–Kier alpha value is -1.99. The summed E-state index contributed by atoms with van der Waals surface area (Å²) >= 11 is 1.57. The quantitative estimate of drug-likeness (QED) is 0.797. The van der Waals surface area contributed by atoms with Crippen LogP contribution in [0, 0.1) is 0 Å². The minimum atomic E-state index is -3.66. The van der Waals surface area contributed by atoms with Gasteiger partial charge in [0, 0.05) is 17.2 Å². The van der Waals surface area contributed by atoms with Gasteiger partial charge in [-0.05, 0) is 30.3 Å². The predicted octanol–water partition coefficient (Wildman–Crippen LogP) is 2.77. The van der Waals surface area contributed by atoms with E-state index in [0.29, 0.717) is 23.5 Å². The third-order valence-corrected chi connectivity index (χ3v) is 6.40. The molecule has 0 radical (unpaired) electrons. The van der Waals surface area contributed by atoms with E-state index in [9.17, 15) is 13.2 Å². The van der Waals surface area contributed by atoms with Crippen LogP contribution in [0.15, 0.2) is 58.3 Å². The van der Waals surface area contributed by atoms with E-state index in [1.807, 2.05) is 0 Å². The highest BCUT2D eigenvalue weighted by molar-refractivity contribution is 8.00. The van der Waals surface area contributed by atoms with Crippen molar-refractivity contribution in [2.45, 2.75) is 9.79 Å². The number of hydrogen-bond donors (Lipinski definition) is 0. The number of ether oxygens (including phenoxy) is 1. The van der Waals surface area contributed by atoms with Crippen LogP contribution in [0.25, 0.3) is 0 Å². The van der Waals surface area contributed by atoms with Gasteiger partial charge in [-0.3, -0.25) is 4.31 Å². The maximum Gasteiger partial charge on any atom is 0.337 e. The van der Waals surface area contributed by atoms with E-state index in [-0.39, 0.29) is 4.90 Å². The Labute approximate surface area is 139 Å². The second kappa shape index (κ2) is 6.25. The molecule has 0 N–H and O–H groups in total. The molecule has 0 atom stereocenters. The molecule has 1 aliphatic heterocycles. The smallest absolute Gasteiger partial charge is 0.337 e. The molecule has 120 valence electrons. The highest BCUT2D eigenvalue weighted by Gasteiger charge is 2.30. The van der Waals surface area contributed by atoms with Gasteiger partial charge in [0.1, 0.15) is 0 Å². The van der Waals surface area contributed by atoms with E-state index < -0.39 is 16.0 Å². The van der Waals surface area contributed by atoms with Crippen LogP contribution in [0.5, 0.6) is 0 Å². The molecule has 7 heteroatoms. The normalized spacial score (nSPS) is 14.2. The van der Waals surface area contributed by atoms with Crippen LogP contribution in [0.3, 0.4) is 0 Å². The summed E-state index contributed by atoms with van der Waals surface area (Å²) in [7, 11) is -2.36. The molecule has 23 heavy (non-hydrogen) atoms. The zero-order chi connectivity index (χ0) is 16.4. The lowest BCUT2D eigenvalue weighted by Crippen LogP contribution is -2.35. The third kappa shape index (κ3) is 2.94. The van der Waals surface area contributed by atoms with Crippen LogP contribution in [0.1, 0.15) is 10.4 Å². The molecule has 0 bridgehead atoms. The monoisotopic (exact) mass is 349 g/mol. The lowest BCUT2D eigenvalue weighted by molar-refractivity contribution is 0.0600. The first-order valence-electron chi connectivity index (χ1n) is 6.97. The summed E-state index contributed by atoms with van der Waals surface area (Å²) in [6, 6.07) is 13.3. The van der Waals surface area contributed by atoms with E-state index in [0.717, 1.165) is 4.90 Å². The summed E-state index contributed by atoms with van der Waals surface area (Å²) in [6.45, 7) is 0.361. The van der Waals surface area contributed by atoms with Crippen molar-refractivity contribution < 1.29 is 17.9 Å². The summed E-state index contributed by atoms with van der Waals surface area (Å²) in [5.41, 5.74) is 0.856. The first kappa shape index (κ1) is 15.9. The first-order chi connectivity index (χ1) is 11.0. The second-order valence-corrected chi connectivity index (χ2v) is 7.91. The Morgan fingerprint density at radius 3 is 2.61 bits per heavy atom. The van der Waals surface area contributed by atoms with Crippen molar-refractivity contribution in [3.63, 3.8) is 0 Å². The molecular formula is C16H15NO4S2. The van der Waals surface area contributed by atoms with Crippen LogP contribution in [0.2, 0.25) is 0 Å². The summed E-state index contributed by atoms with van der Waals surface area (Å²) in [6.07, 6.45) is 0. The van der Waals surface area contributed by atoms with Gasteiger partial charge in [0.2, 0.25) is 0 Å². The summed E-state index contributed by atoms with van der Waals surface area (Å²) in [5, 5.41) is 0. The maximum absolute atomic E-state index is 12.9. The van der Waals surface area contributed by atoms with Gasteiger partial charge >= 0.3 is 5.97 Å². The second-order valence-electron chi connectivity index (χ2n) is 4.91. The van der Waals surface area contributed by atoms with Gasteiger partial charge in [-0.25, -0.2) is 13.2 Å². The molecule has 1 heterocycles. The van der Waals surface area contributed by atoms with E-state index in [1.165, 1.54) is 11.4 Å². The fourth-order valence-corrected chi connectivity index (χ4v) is 5.05. The molecule has 0 fully saturated rings. The average molecular weight is 349 g/mol. The molecule has 0 unspecified atom stereocenters. The van der Waals surface area contributed by atoms with Crippen LogP contribution >= 0.6 is 11.8 Å². The van der Waals surface area contributed by atoms with Gasteiger partial charge in [-0.2, -0.15) is 0 Å². The van der Waals surface area contributed by atoms with Crippen molar-refractivity contribution in [3.8, 4) is 0 Å². The van der Waals surface area contributed by atoms with Gasteiger partial charge in [-0.15, -0.1) is 11.8 Å².